The Kier molecular flexibility index (Phi) is 6.65. The molecule has 3 aromatic heterocycles. The first kappa shape index (κ1) is 33.6. The fourth-order valence-corrected chi connectivity index (χ4v) is 16.3. The Labute approximate surface area is 356 Å². The van der Waals surface area contributed by atoms with E-state index in [1.165, 1.54) is 182 Å². The molecule has 0 spiro atoms. The van der Waals surface area contributed by atoms with Gasteiger partial charge in [0.25, 0.3) is 0 Å². The molecule has 0 atom stereocenters. The van der Waals surface area contributed by atoms with Gasteiger partial charge in [0.2, 0.25) is 0 Å². The van der Waals surface area contributed by atoms with Crippen LogP contribution in [-0.4, -0.2) is 15.9 Å². The van der Waals surface area contributed by atoms with Crippen LogP contribution in [0, 0.1) is 11.8 Å². The summed E-state index contributed by atoms with van der Waals surface area (Å²) in [5, 5.41) is 5.78. The highest BCUT2D eigenvalue weighted by Crippen LogP contribution is 2.55. The number of hydrogen-bond acceptors (Lipinski definition) is 1. The van der Waals surface area contributed by atoms with Gasteiger partial charge in [0.05, 0.1) is 15.7 Å². The van der Waals surface area contributed by atoms with Crippen molar-refractivity contribution in [3.63, 3.8) is 0 Å². The molecule has 2 aliphatic heterocycles. The van der Waals surface area contributed by atoms with Crippen molar-refractivity contribution in [2.24, 2.45) is 11.8 Å². The van der Waals surface area contributed by atoms with E-state index in [9.17, 15) is 0 Å². The second-order valence-electron chi connectivity index (χ2n) is 20.4. The number of thiophene rings is 1. The van der Waals surface area contributed by atoms with Crippen LogP contribution < -0.4 is 10.9 Å². The average Bonchev–Trinajstić information content (AvgIpc) is 3.94. The molecule has 4 fully saturated rings. The Morgan fingerprint density at radius 1 is 0.533 bits per heavy atom. The van der Waals surface area contributed by atoms with Gasteiger partial charge < -0.3 is 9.05 Å². The van der Waals surface area contributed by atoms with Crippen LogP contribution in [0.2, 0.25) is 0 Å². The van der Waals surface area contributed by atoms with Gasteiger partial charge in [-0.2, -0.15) is 0 Å². The summed E-state index contributed by atoms with van der Waals surface area (Å²) in [7, 11) is 0. The van der Waals surface area contributed by atoms with Crippen molar-refractivity contribution >= 4 is 82.1 Å². The fraction of sp³-hybridized carbons (Fsp3) is 0.321. The van der Waals surface area contributed by atoms with Crippen molar-refractivity contribution in [1.82, 2.24) is 9.05 Å². The molecule has 0 radical (unpaired) electrons. The molecular formula is C56H49BN2S. The van der Waals surface area contributed by atoms with Crippen molar-refractivity contribution in [3.8, 4) is 27.9 Å². The molecule has 0 unspecified atom stereocenters. The largest absolute Gasteiger partial charge is 0.375 e. The maximum absolute atomic E-state index is 2.85. The first-order valence-corrected chi connectivity index (χ1v) is 24.3. The predicted molar refractivity (Wildman–Crippen MR) is 255 cm³/mol. The lowest BCUT2D eigenvalue weighted by Gasteiger charge is -2.46. The number of rotatable bonds is 3. The van der Waals surface area contributed by atoms with E-state index in [0.717, 1.165) is 11.8 Å². The third-order valence-electron chi connectivity index (χ3n) is 17.5. The van der Waals surface area contributed by atoms with E-state index in [0.29, 0.717) is 5.41 Å². The molecule has 5 heterocycles. The van der Waals surface area contributed by atoms with Gasteiger partial charge in [-0.15, -0.1) is 11.3 Å². The molecule has 4 bridgehead atoms. The lowest BCUT2D eigenvalue weighted by atomic mass is 9.45. The highest BCUT2D eigenvalue weighted by molar-refractivity contribution is 7.26. The summed E-state index contributed by atoms with van der Waals surface area (Å²) in [6.07, 6.45) is 19.4. The third-order valence-corrected chi connectivity index (χ3v) is 18.7. The van der Waals surface area contributed by atoms with E-state index in [1.54, 1.807) is 11.1 Å². The SMILES string of the molecule is c1ccc(-c2cc3c4c(c2)-n2c5c(cccc5c5sc6ccccc6c52)B4n2c4ccc(C56CCCC(CCC5)C6)cc4c4cc(C56CCCC(CCC5)C6)cc-3c42)cc1. The number of hydrogen-bond donors (Lipinski definition) is 0. The van der Waals surface area contributed by atoms with E-state index in [2.05, 4.69) is 124 Å². The number of aromatic nitrogens is 2. The van der Waals surface area contributed by atoms with Crippen LogP contribution in [0.25, 0.3) is 81.0 Å². The quantitative estimate of drug-likeness (QED) is 0.158. The van der Waals surface area contributed by atoms with Crippen molar-refractivity contribution in [3.05, 3.63) is 126 Å². The van der Waals surface area contributed by atoms with E-state index < -0.39 is 0 Å². The summed E-state index contributed by atoms with van der Waals surface area (Å²) in [4.78, 5) is 0. The maximum Gasteiger partial charge on any atom is 0.333 e. The van der Waals surface area contributed by atoms with Crippen LogP contribution in [0.4, 0.5) is 0 Å². The van der Waals surface area contributed by atoms with Gasteiger partial charge in [-0.1, -0.05) is 124 Å². The maximum atomic E-state index is 2.85. The molecule has 60 heavy (non-hydrogen) atoms. The van der Waals surface area contributed by atoms with E-state index in [-0.39, 0.29) is 12.3 Å². The van der Waals surface area contributed by atoms with Gasteiger partial charge in [-0.05, 0) is 142 Å². The summed E-state index contributed by atoms with van der Waals surface area (Å²) in [5.74, 6) is 1.79. The van der Waals surface area contributed by atoms with Crippen molar-refractivity contribution in [1.29, 1.82) is 0 Å². The number of fused-ring (bicyclic) bond motifs is 16. The van der Waals surface area contributed by atoms with E-state index in [4.69, 9.17) is 0 Å². The lowest BCUT2D eigenvalue weighted by molar-refractivity contribution is 0.149. The van der Waals surface area contributed by atoms with Crippen molar-refractivity contribution in [2.45, 2.75) is 101 Å². The summed E-state index contributed by atoms with van der Waals surface area (Å²) >= 11 is 1.97. The van der Waals surface area contributed by atoms with Crippen molar-refractivity contribution in [2.75, 3.05) is 0 Å². The molecule has 2 nitrogen and oxygen atoms in total. The minimum Gasteiger partial charge on any atom is -0.375 e. The molecule has 292 valence electrons. The molecule has 0 amide bonds. The molecule has 9 aromatic rings. The van der Waals surface area contributed by atoms with E-state index in [1.807, 2.05) is 11.3 Å². The minimum absolute atomic E-state index is 0.0919. The fourth-order valence-electron chi connectivity index (χ4n) is 15.0. The number of benzene rings is 6. The molecule has 4 aliphatic carbocycles. The zero-order valence-electron chi connectivity index (χ0n) is 34.4. The third kappa shape index (κ3) is 4.27. The van der Waals surface area contributed by atoms with Crippen LogP contribution in [0.3, 0.4) is 0 Å². The zero-order chi connectivity index (χ0) is 38.9. The van der Waals surface area contributed by atoms with Gasteiger partial charge >= 0.3 is 6.85 Å². The van der Waals surface area contributed by atoms with E-state index >= 15 is 0 Å². The number of nitrogens with zero attached hydrogens (tertiary/aromatic N) is 2. The lowest BCUT2D eigenvalue weighted by Crippen LogP contribution is -2.55. The second-order valence-corrected chi connectivity index (χ2v) is 21.4. The van der Waals surface area contributed by atoms with Crippen LogP contribution >= 0.6 is 11.3 Å². The monoisotopic (exact) mass is 792 g/mol. The van der Waals surface area contributed by atoms with Crippen LogP contribution in [-0.2, 0) is 10.8 Å². The average molecular weight is 793 g/mol. The summed E-state index contributed by atoms with van der Waals surface area (Å²) < 4.78 is 8.35. The van der Waals surface area contributed by atoms with Gasteiger partial charge in [-0.3, -0.25) is 0 Å². The Morgan fingerprint density at radius 2 is 1.23 bits per heavy atom. The first-order chi connectivity index (χ1) is 29.6. The molecule has 4 saturated carbocycles. The minimum atomic E-state index is 0.0919. The predicted octanol–water partition coefficient (Wildman–Crippen LogP) is 13.9. The molecule has 15 rings (SSSR count). The summed E-state index contributed by atoms with van der Waals surface area (Å²) in [6, 6.07) is 46.2. The molecule has 6 aliphatic rings. The molecular weight excluding hydrogens is 744 g/mol. The molecule has 6 aromatic carbocycles. The van der Waals surface area contributed by atoms with Gasteiger partial charge in [0.1, 0.15) is 0 Å². The standard InChI is InChI=1S/C56H49BN2S/c1-2-15-36(16-3-1)37-27-43-45-31-39(56-25-9-13-35(33-56)14-10-26-56)30-44-42-29-38(55-23-7-11-34(32-55)12-8-24-55)21-22-47(42)59(51(44)45)57-46-19-6-18-41-52(46)58(48(28-37)50(43)57)53-40-17-4-5-20-49(40)60-54(41)53/h1-6,15-22,27-31,34-35H,7-14,23-26,32-33H2. The Bertz CT molecular complexity index is 3300. The first-order valence-electron chi connectivity index (χ1n) is 23.5. The normalized spacial score (nSPS) is 25.2. The summed E-state index contributed by atoms with van der Waals surface area (Å²) in [6.45, 7) is 0.0919. The van der Waals surface area contributed by atoms with Crippen LogP contribution in [0.5, 0.6) is 0 Å². The second kappa shape index (κ2) is 11.9. The zero-order valence-corrected chi connectivity index (χ0v) is 35.2. The van der Waals surface area contributed by atoms with Crippen LogP contribution in [0.15, 0.2) is 115 Å². The molecule has 0 N–H and O–H groups in total. The van der Waals surface area contributed by atoms with Crippen LogP contribution in [0.1, 0.15) is 101 Å². The van der Waals surface area contributed by atoms with Gasteiger partial charge in [-0.25, -0.2) is 0 Å². The van der Waals surface area contributed by atoms with Gasteiger partial charge in [0.15, 0.2) is 0 Å². The molecule has 4 heteroatoms. The highest BCUT2D eigenvalue weighted by atomic mass is 32.1. The highest BCUT2D eigenvalue weighted by Gasteiger charge is 2.46. The van der Waals surface area contributed by atoms with Crippen molar-refractivity contribution < 1.29 is 0 Å². The molecule has 0 saturated heterocycles. The van der Waals surface area contributed by atoms with Gasteiger partial charge in [0, 0.05) is 48.5 Å². The topological polar surface area (TPSA) is 9.86 Å². The Morgan fingerprint density at radius 3 is 2.02 bits per heavy atom. The Hall–Kier alpha value is -5.06. The smallest absolute Gasteiger partial charge is 0.333 e. The Balaban J connectivity index is 1.10. The number of para-hydroxylation sites is 1. The summed E-state index contributed by atoms with van der Waals surface area (Å²) in [5.41, 5.74) is 19.4.